The van der Waals surface area contributed by atoms with E-state index in [0.29, 0.717) is 0 Å². The highest BCUT2D eigenvalue weighted by Gasteiger charge is 1.89. The lowest BCUT2D eigenvalue weighted by Gasteiger charge is -1.96. The molecular formula is C8H8BrS. The van der Waals surface area contributed by atoms with Gasteiger partial charge in [0.05, 0.1) is 0 Å². The molecule has 0 fully saturated rings. The molecule has 0 atom stereocenters. The SMILES string of the molecule is [CH2]CSc1ccc(Br)cc1. The van der Waals surface area contributed by atoms with Crippen molar-refractivity contribution >= 4 is 27.7 Å². The Labute approximate surface area is 74.2 Å². The maximum absolute atomic E-state index is 3.75. The molecule has 10 heavy (non-hydrogen) atoms. The number of halogens is 1. The first-order valence-corrected chi connectivity index (χ1v) is 4.78. The smallest absolute Gasteiger partial charge is 0.0176 e. The molecule has 0 N–H and O–H groups in total. The molecule has 0 heterocycles. The Morgan fingerprint density at radius 2 is 1.90 bits per heavy atom. The monoisotopic (exact) mass is 215 g/mol. The predicted octanol–water partition coefficient (Wildman–Crippen LogP) is 3.38. The molecule has 0 aromatic heterocycles. The van der Waals surface area contributed by atoms with Crippen molar-refractivity contribution in [2.75, 3.05) is 5.75 Å². The van der Waals surface area contributed by atoms with E-state index in [-0.39, 0.29) is 0 Å². The maximum atomic E-state index is 3.75. The molecule has 1 radical (unpaired) electrons. The first-order chi connectivity index (χ1) is 4.83. The van der Waals surface area contributed by atoms with Crippen molar-refractivity contribution in [2.24, 2.45) is 0 Å². The third-order valence-electron chi connectivity index (χ3n) is 1.08. The van der Waals surface area contributed by atoms with Gasteiger partial charge in [0, 0.05) is 9.37 Å². The van der Waals surface area contributed by atoms with Crippen LogP contribution in [-0.4, -0.2) is 5.75 Å². The van der Waals surface area contributed by atoms with E-state index in [2.05, 4.69) is 35.0 Å². The molecule has 0 spiro atoms. The topological polar surface area (TPSA) is 0 Å². The molecule has 0 aliphatic heterocycles. The van der Waals surface area contributed by atoms with E-state index in [1.165, 1.54) is 4.90 Å². The summed E-state index contributed by atoms with van der Waals surface area (Å²) in [5, 5.41) is 0. The molecular weight excluding hydrogens is 208 g/mol. The molecule has 0 bridgehead atoms. The van der Waals surface area contributed by atoms with Crippen LogP contribution in [0.4, 0.5) is 0 Å². The van der Waals surface area contributed by atoms with Crippen LogP contribution >= 0.6 is 27.7 Å². The second-order valence-electron chi connectivity index (χ2n) is 1.80. The molecule has 0 saturated carbocycles. The molecule has 0 amide bonds. The van der Waals surface area contributed by atoms with Gasteiger partial charge in [-0.25, -0.2) is 0 Å². The zero-order valence-corrected chi connectivity index (χ0v) is 7.91. The van der Waals surface area contributed by atoms with Crippen molar-refractivity contribution in [1.82, 2.24) is 0 Å². The maximum Gasteiger partial charge on any atom is 0.0176 e. The molecule has 0 nitrogen and oxygen atoms in total. The Bertz CT molecular complexity index is 193. The van der Waals surface area contributed by atoms with Gasteiger partial charge in [-0.05, 0) is 36.9 Å². The third-order valence-corrected chi connectivity index (χ3v) is 2.42. The average molecular weight is 216 g/mol. The Morgan fingerprint density at radius 3 is 2.40 bits per heavy atom. The van der Waals surface area contributed by atoms with E-state index in [0.717, 1.165) is 10.2 Å². The Hall–Kier alpha value is 0.0500. The molecule has 0 aliphatic rings. The van der Waals surface area contributed by atoms with Gasteiger partial charge in [-0.3, -0.25) is 0 Å². The fourth-order valence-corrected chi connectivity index (χ4v) is 1.48. The second-order valence-corrected chi connectivity index (χ2v) is 3.89. The van der Waals surface area contributed by atoms with Crippen LogP contribution in [0.1, 0.15) is 0 Å². The lowest BCUT2D eigenvalue weighted by Crippen LogP contribution is -1.71. The van der Waals surface area contributed by atoms with E-state index in [4.69, 9.17) is 0 Å². The van der Waals surface area contributed by atoms with E-state index >= 15 is 0 Å². The summed E-state index contributed by atoms with van der Waals surface area (Å²) in [7, 11) is 0. The lowest BCUT2D eigenvalue weighted by molar-refractivity contribution is 1.44. The summed E-state index contributed by atoms with van der Waals surface area (Å²) < 4.78 is 1.13. The minimum absolute atomic E-state index is 0.891. The largest absolute Gasteiger partial charge is 0.126 e. The second kappa shape index (κ2) is 4.04. The van der Waals surface area contributed by atoms with Gasteiger partial charge >= 0.3 is 0 Å². The van der Waals surface area contributed by atoms with Gasteiger partial charge in [0.25, 0.3) is 0 Å². The van der Waals surface area contributed by atoms with Crippen LogP contribution in [0, 0.1) is 6.92 Å². The van der Waals surface area contributed by atoms with Crippen LogP contribution in [0.25, 0.3) is 0 Å². The molecule has 53 valence electrons. The van der Waals surface area contributed by atoms with Gasteiger partial charge in [-0.2, -0.15) is 0 Å². The summed E-state index contributed by atoms with van der Waals surface area (Å²) in [6.07, 6.45) is 0. The average Bonchev–Trinajstić information content (AvgIpc) is 1.95. The number of hydrogen-bond acceptors (Lipinski definition) is 1. The zero-order valence-electron chi connectivity index (χ0n) is 5.51. The van der Waals surface area contributed by atoms with Gasteiger partial charge < -0.3 is 0 Å². The van der Waals surface area contributed by atoms with Gasteiger partial charge in [0.2, 0.25) is 0 Å². The summed E-state index contributed by atoms with van der Waals surface area (Å²) in [5.74, 6) is 0.891. The van der Waals surface area contributed by atoms with Crippen molar-refractivity contribution in [2.45, 2.75) is 4.90 Å². The van der Waals surface area contributed by atoms with E-state index in [1.54, 1.807) is 11.8 Å². The lowest BCUT2D eigenvalue weighted by atomic mass is 10.4. The van der Waals surface area contributed by atoms with Gasteiger partial charge in [0.1, 0.15) is 0 Å². The van der Waals surface area contributed by atoms with Crippen LogP contribution < -0.4 is 0 Å². The van der Waals surface area contributed by atoms with Crippen molar-refractivity contribution in [3.8, 4) is 0 Å². The highest BCUT2D eigenvalue weighted by atomic mass is 79.9. The minimum atomic E-state index is 0.891. The molecule has 0 unspecified atom stereocenters. The molecule has 0 aliphatic carbocycles. The highest BCUT2D eigenvalue weighted by molar-refractivity contribution is 9.10. The Balaban J connectivity index is 2.69. The summed E-state index contributed by atoms with van der Waals surface area (Å²) in [4.78, 5) is 1.28. The summed E-state index contributed by atoms with van der Waals surface area (Å²) in [6, 6.07) is 8.25. The number of thioether (sulfide) groups is 1. The molecule has 0 saturated heterocycles. The van der Waals surface area contributed by atoms with Gasteiger partial charge in [-0.1, -0.05) is 15.9 Å². The van der Waals surface area contributed by atoms with Crippen LogP contribution in [0.2, 0.25) is 0 Å². The van der Waals surface area contributed by atoms with Crippen molar-refractivity contribution in [3.63, 3.8) is 0 Å². The van der Waals surface area contributed by atoms with Crippen LogP contribution in [0.3, 0.4) is 0 Å². The zero-order chi connectivity index (χ0) is 7.40. The highest BCUT2D eigenvalue weighted by Crippen LogP contribution is 2.19. The standard InChI is InChI=1S/C8H8BrS/c1-2-10-8-5-3-7(9)4-6-8/h3-6H,1-2H2. The van der Waals surface area contributed by atoms with E-state index in [9.17, 15) is 0 Å². The van der Waals surface area contributed by atoms with E-state index < -0.39 is 0 Å². The van der Waals surface area contributed by atoms with Gasteiger partial charge in [-0.15, -0.1) is 11.8 Å². The quantitative estimate of drug-likeness (QED) is 0.683. The summed E-state index contributed by atoms with van der Waals surface area (Å²) >= 11 is 5.12. The third kappa shape index (κ3) is 2.35. The number of hydrogen-bond donors (Lipinski definition) is 0. The Morgan fingerprint density at radius 1 is 1.30 bits per heavy atom. The number of rotatable bonds is 2. The van der Waals surface area contributed by atoms with Crippen molar-refractivity contribution in [1.29, 1.82) is 0 Å². The van der Waals surface area contributed by atoms with Gasteiger partial charge in [0.15, 0.2) is 0 Å². The van der Waals surface area contributed by atoms with Crippen LogP contribution in [0.5, 0.6) is 0 Å². The van der Waals surface area contributed by atoms with Crippen molar-refractivity contribution in [3.05, 3.63) is 35.7 Å². The first-order valence-electron chi connectivity index (χ1n) is 3.00. The predicted molar refractivity (Wildman–Crippen MR) is 50.2 cm³/mol. The van der Waals surface area contributed by atoms with Crippen molar-refractivity contribution < 1.29 is 0 Å². The fraction of sp³-hybridized carbons (Fsp3) is 0.125. The first kappa shape index (κ1) is 8.15. The fourth-order valence-electron chi connectivity index (χ4n) is 0.649. The summed E-state index contributed by atoms with van der Waals surface area (Å²) in [6.45, 7) is 3.75. The normalized spacial score (nSPS) is 9.80. The van der Waals surface area contributed by atoms with Crippen LogP contribution in [-0.2, 0) is 0 Å². The minimum Gasteiger partial charge on any atom is -0.126 e. The molecule has 1 aromatic rings. The number of benzene rings is 1. The van der Waals surface area contributed by atoms with E-state index in [1.807, 2.05) is 12.1 Å². The molecule has 1 aromatic carbocycles. The summed E-state index contributed by atoms with van der Waals surface area (Å²) in [5.41, 5.74) is 0. The van der Waals surface area contributed by atoms with Crippen LogP contribution in [0.15, 0.2) is 33.6 Å². The Kier molecular flexibility index (Phi) is 3.29. The molecule has 2 heteroatoms. The molecule has 1 rings (SSSR count).